The number of hydrogen-bond donors (Lipinski definition) is 1. The van der Waals surface area contributed by atoms with Crippen LogP contribution >= 0.6 is 0 Å². The van der Waals surface area contributed by atoms with Gasteiger partial charge in [-0.05, 0) is 26.7 Å². The predicted molar refractivity (Wildman–Crippen MR) is 71.3 cm³/mol. The van der Waals surface area contributed by atoms with E-state index in [2.05, 4.69) is 24.1 Å². The molecule has 0 radical (unpaired) electrons. The zero-order valence-corrected chi connectivity index (χ0v) is 11.5. The van der Waals surface area contributed by atoms with E-state index in [1.807, 2.05) is 0 Å². The van der Waals surface area contributed by atoms with Crippen molar-refractivity contribution in [3.8, 4) is 0 Å². The summed E-state index contributed by atoms with van der Waals surface area (Å²) in [4.78, 5) is 2.59. The van der Waals surface area contributed by atoms with E-state index in [4.69, 9.17) is 4.74 Å². The second-order valence-corrected chi connectivity index (χ2v) is 5.96. The van der Waals surface area contributed by atoms with Crippen molar-refractivity contribution in [1.82, 2.24) is 10.2 Å². The Hall–Kier alpha value is -0.120. The molecule has 1 saturated heterocycles. The monoisotopic (exact) mass is 240 g/mol. The third-order valence-corrected chi connectivity index (χ3v) is 4.12. The van der Waals surface area contributed by atoms with Crippen molar-refractivity contribution in [3.63, 3.8) is 0 Å². The van der Waals surface area contributed by atoms with Crippen molar-refractivity contribution in [3.05, 3.63) is 0 Å². The van der Waals surface area contributed by atoms with Crippen molar-refractivity contribution in [2.45, 2.75) is 57.6 Å². The fourth-order valence-electron chi connectivity index (χ4n) is 3.21. The Kier molecular flexibility index (Phi) is 4.83. The van der Waals surface area contributed by atoms with Gasteiger partial charge in [0.25, 0.3) is 0 Å². The first-order chi connectivity index (χ1) is 8.20. The van der Waals surface area contributed by atoms with E-state index < -0.39 is 0 Å². The molecule has 3 nitrogen and oxygen atoms in total. The number of rotatable bonds is 4. The van der Waals surface area contributed by atoms with Gasteiger partial charge >= 0.3 is 0 Å². The summed E-state index contributed by atoms with van der Waals surface area (Å²) in [6.07, 6.45) is 7.34. The summed E-state index contributed by atoms with van der Waals surface area (Å²) in [6.45, 7) is 9.77. The van der Waals surface area contributed by atoms with Gasteiger partial charge in [0.2, 0.25) is 0 Å². The molecule has 3 heteroatoms. The van der Waals surface area contributed by atoms with Gasteiger partial charge < -0.3 is 10.1 Å². The third-order valence-electron chi connectivity index (χ3n) is 4.12. The van der Waals surface area contributed by atoms with Crippen LogP contribution in [0.15, 0.2) is 0 Å². The van der Waals surface area contributed by atoms with Crippen LogP contribution in [-0.4, -0.2) is 49.3 Å². The standard InChI is InChI=1S/C14H28N2O/c1-13(2)17-11-10-16-9-8-15-14(12-16)6-4-3-5-7-14/h13,15H,3-12H2,1-2H3. The largest absolute Gasteiger partial charge is 0.377 e. The van der Waals surface area contributed by atoms with Crippen molar-refractivity contribution in [2.24, 2.45) is 0 Å². The molecule has 1 heterocycles. The highest BCUT2D eigenvalue weighted by molar-refractivity contribution is 4.96. The SMILES string of the molecule is CC(C)OCCN1CCNC2(CCCCC2)C1. The zero-order valence-electron chi connectivity index (χ0n) is 11.5. The number of piperazine rings is 1. The summed E-state index contributed by atoms with van der Waals surface area (Å²) in [5.41, 5.74) is 0.439. The smallest absolute Gasteiger partial charge is 0.0596 e. The summed E-state index contributed by atoms with van der Waals surface area (Å²) in [6, 6.07) is 0. The van der Waals surface area contributed by atoms with E-state index in [-0.39, 0.29) is 0 Å². The molecule has 1 N–H and O–H groups in total. The van der Waals surface area contributed by atoms with E-state index in [0.717, 1.165) is 19.7 Å². The quantitative estimate of drug-likeness (QED) is 0.813. The highest BCUT2D eigenvalue weighted by atomic mass is 16.5. The number of nitrogens with zero attached hydrogens (tertiary/aromatic N) is 1. The Morgan fingerprint density at radius 2 is 2.00 bits per heavy atom. The summed E-state index contributed by atoms with van der Waals surface area (Å²) < 4.78 is 5.66. The molecule has 0 amide bonds. The number of hydrogen-bond acceptors (Lipinski definition) is 3. The molecular formula is C14H28N2O. The second-order valence-electron chi connectivity index (χ2n) is 5.96. The molecule has 1 aliphatic heterocycles. The maximum atomic E-state index is 5.66. The van der Waals surface area contributed by atoms with E-state index in [9.17, 15) is 0 Å². The van der Waals surface area contributed by atoms with Gasteiger partial charge in [0.15, 0.2) is 0 Å². The van der Waals surface area contributed by atoms with Crippen LogP contribution in [-0.2, 0) is 4.74 Å². The van der Waals surface area contributed by atoms with Crippen LogP contribution < -0.4 is 5.32 Å². The molecule has 1 saturated carbocycles. The highest BCUT2D eigenvalue weighted by Crippen LogP contribution is 2.30. The van der Waals surface area contributed by atoms with Crippen molar-refractivity contribution in [1.29, 1.82) is 0 Å². The molecule has 0 aromatic heterocycles. The van der Waals surface area contributed by atoms with Gasteiger partial charge in [-0.3, -0.25) is 4.90 Å². The van der Waals surface area contributed by atoms with Crippen LogP contribution in [0.4, 0.5) is 0 Å². The van der Waals surface area contributed by atoms with Crippen LogP contribution in [0.5, 0.6) is 0 Å². The fourth-order valence-corrected chi connectivity index (χ4v) is 3.21. The lowest BCUT2D eigenvalue weighted by atomic mass is 9.80. The normalized spacial score (nSPS) is 25.6. The lowest BCUT2D eigenvalue weighted by Crippen LogP contribution is -2.61. The van der Waals surface area contributed by atoms with E-state index in [1.165, 1.54) is 45.2 Å². The van der Waals surface area contributed by atoms with Crippen LogP contribution in [0.2, 0.25) is 0 Å². The molecule has 1 spiro atoms. The average molecular weight is 240 g/mol. The van der Waals surface area contributed by atoms with Crippen molar-refractivity contribution < 1.29 is 4.74 Å². The summed E-state index contributed by atoms with van der Waals surface area (Å²) in [5, 5.41) is 3.78. The van der Waals surface area contributed by atoms with Gasteiger partial charge in [-0.2, -0.15) is 0 Å². The molecule has 2 rings (SSSR count). The molecular weight excluding hydrogens is 212 g/mol. The van der Waals surface area contributed by atoms with Gasteiger partial charge in [0.05, 0.1) is 12.7 Å². The minimum absolute atomic E-state index is 0.363. The molecule has 2 fully saturated rings. The molecule has 0 atom stereocenters. The van der Waals surface area contributed by atoms with Gasteiger partial charge in [-0.25, -0.2) is 0 Å². The van der Waals surface area contributed by atoms with Crippen LogP contribution in [0, 0.1) is 0 Å². The molecule has 100 valence electrons. The number of ether oxygens (including phenoxy) is 1. The van der Waals surface area contributed by atoms with E-state index in [1.54, 1.807) is 0 Å². The molecule has 17 heavy (non-hydrogen) atoms. The maximum Gasteiger partial charge on any atom is 0.0596 e. The minimum atomic E-state index is 0.363. The molecule has 2 aliphatic rings. The predicted octanol–water partition coefficient (Wildman–Crippen LogP) is 2.02. The Labute approximate surface area is 106 Å². The van der Waals surface area contributed by atoms with Crippen LogP contribution in [0.3, 0.4) is 0 Å². The van der Waals surface area contributed by atoms with Crippen molar-refractivity contribution >= 4 is 0 Å². The van der Waals surface area contributed by atoms with Gasteiger partial charge in [-0.1, -0.05) is 19.3 Å². The first kappa shape index (κ1) is 13.3. The Morgan fingerprint density at radius 3 is 2.71 bits per heavy atom. The zero-order chi connectivity index (χ0) is 12.1. The first-order valence-electron chi connectivity index (χ1n) is 7.29. The van der Waals surface area contributed by atoms with E-state index >= 15 is 0 Å². The van der Waals surface area contributed by atoms with Crippen LogP contribution in [0.1, 0.15) is 46.0 Å². The first-order valence-corrected chi connectivity index (χ1v) is 7.29. The Balaban J connectivity index is 1.76. The van der Waals surface area contributed by atoms with Gasteiger partial charge in [0, 0.05) is 31.7 Å². The lowest BCUT2D eigenvalue weighted by molar-refractivity contribution is 0.0357. The van der Waals surface area contributed by atoms with Crippen LogP contribution in [0.25, 0.3) is 0 Å². The summed E-state index contributed by atoms with van der Waals surface area (Å²) in [5.74, 6) is 0. The minimum Gasteiger partial charge on any atom is -0.377 e. The average Bonchev–Trinajstić information content (AvgIpc) is 2.29. The molecule has 0 aromatic carbocycles. The fraction of sp³-hybridized carbons (Fsp3) is 1.00. The number of nitrogens with one attached hydrogen (secondary N) is 1. The molecule has 0 unspecified atom stereocenters. The summed E-state index contributed by atoms with van der Waals surface area (Å²) >= 11 is 0. The van der Waals surface area contributed by atoms with Gasteiger partial charge in [0.1, 0.15) is 0 Å². The molecule has 1 aliphatic carbocycles. The van der Waals surface area contributed by atoms with Gasteiger partial charge in [-0.15, -0.1) is 0 Å². The van der Waals surface area contributed by atoms with Crippen molar-refractivity contribution in [2.75, 3.05) is 32.8 Å². The molecule has 0 bridgehead atoms. The topological polar surface area (TPSA) is 24.5 Å². The summed E-state index contributed by atoms with van der Waals surface area (Å²) in [7, 11) is 0. The lowest BCUT2D eigenvalue weighted by Gasteiger charge is -2.46. The third kappa shape index (κ3) is 3.94. The highest BCUT2D eigenvalue weighted by Gasteiger charge is 2.35. The second kappa shape index (κ2) is 6.17. The van der Waals surface area contributed by atoms with E-state index in [0.29, 0.717) is 11.6 Å². The Morgan fingerprint density at radius 1 is 1.24 bits per heavy atom. The maximum absolute atomic E-state index is 5.66. The Bertz CT molecular complexity index is 219. The molecule has 0 aromatic rings.